The second kappa shape index (κ2) is 5.67. The number of aromatic nitrogens is 2. The molecule has 7 heteroatoms. The van der Waals surface area contributed by atoms with Gasteiger partial charge in [-0.2, -0.15) is 0 Å². The van der Waals surface area contributed by atoms with Gasteiger partial charge in [0.15, 0.2) is 10.4 Å². The lowest BCUT2D eigenvalue weighted by Crippen LogP contribution is -2.24. The number of hydrogen-bond acceptors (Lipinski definition) is 6. The minimum absolute atomic E-state index is 0.265. The summed E-state index contributed by atoms with van der Waals surface area (Å²) in [5.41, 5.74) is 0. The molecule has 1 fully saturated rings. The molecule has 0 aliphatic carbocycles. The van der Waals surface area contributed by atoms with E-state index in [1.54, 1.807) is 12.1 Å². The number of hydrogen-bond donors (Lipinski definition) is 1. The zero-order valence-electron chi connectivity index (χ0n) is 11.1. The maximum Gasteiger partial charge on any atom is 0.283 e. The van der Waals surface area contributed by atoms with E-state index in [1.807, 2.05) is 6.92 Å². The van der Waals surface area contributed by atoms with Crippen LogP contribution in [0.5, 0.6) is 0 Å². The van der Waals surface area contributed by atoms with Crippen molar-refractivity contribution in [2.75, 3.05) is 13.1 Å². The van der Waals surface area contributed by atoms with E-state index in [0.29, 0.717) is 34.7 Å². The van der Waals surface area contributed by atoms with Crippen LogP contribution in [0.15, 0.2) is 25.6 Å². The molecule has 3 rings (SSSR count). The second-order valence-electron chi connectivity index (χ2n) is 5.13. The number of likely N-dealkylation sites (tertiary alicyclic amines) is 1. The smallest absolute Gasteiger partial charge is 0.283 e. The van der Waals surface area contributed by atoms with Gasteiger partial charge in [0.25, 0.3) is 5.89 Å². The Morgan fingerprint density at radius 1 is 1.45 bits per heavy atom. The van der Waals surface area contributed by atoms with Crippen molar-refractivity contribution in [1.29, 1.82) is 0 Å². The average Bonchev–Trinajstić information content (AvgIpc) is 3.09. The summed E-state index contributed by atoms with van der Waals surface area (Å²) < 4.78 is 11.6. The van der Waals surface area contributed by atoms with Gasteiger partial charge in [0.2, 0.25) is 5.89 Å². The summed E-state index contributed by atoms with van der Waals surface area (Å²) in [5, 5.41) is 17.6. The van der Waals surface area contributed by atoms with Crippen LogP contribution >= 0.6 is 15.9 Å². The molecule has 1 aliphatic heterocycles. The van der Waals surface area contributed by atoms with Crippen molar-refractivity contribution in [3.8, 4) is 11.7 Å². The molecule has 0 aromatic carbocycles. The molecule has 2 aromatic rings. The molecule has 20 heavy (non-hydrogen) atoms. The summed E-state index contributed by atoms with van der Waals surface area (Å²) in [6, 6.07) is 3.56. The number of halogens is 1. The Kier molecular flexibility index (Phi) is 3.91. The maximum atomic E-state index is 9.60. The molecular formula is C13H16BrN3O3. The summed E-state index contributed by atoms with van der Waals surface area (Å²) in [7, 11) is 0. The highest BCUT2D eigenvalue weighted by Gasteiger charge is 2.27. The number of nitrogens with zero attached hydrogens (tertiary/aromatic N) is 3. The zero-order chi connectivity index (χ0) is 14.1. The van der Waals surface area contributed by atoms with Crippen LogP contribution < -0.4 is 0 Å². The van der Waals surface area contributed by atoms with Crippen molar-refractivity contribution < 1.29 is 13.9 Å². The Hall–Kier alpha value is -1.18. The van der Waals surface area contributed by atoms with Crippen LogP contribution in [0, 0.1) is 5.92 Å². The van der Waals surface area contributed by atoms with Crippen LogP contribution in [0.25, 0.3) is 11.7 Å². The quantitative estimate of drug-likeness (QED) is 0.919. The fraction of sp³-hybridized carbons (Fsp3) is 0.538. The van der Waals surface area contributed by atoms with E-state index in [-0.39, 0.29) is 6.10 Å². The number of aliphatic hydroxyl groups is 1. The summed E-state index contributed by atoms with van der Waals surface area (Å²) >= 11 is 3.24. The molecular weight excluding hydrogens is 326 g/mol. The summed E-state index contributed by atoms with van der Waals surface area (Å²) in [6.07, 6.45) is 0.739. The Bertz CT molecular complexity index is 581. The van der Waals surface area contributed by atoms with Crippen molar-refractivity contribution in [3.63, 3.8) is 0 Å². The van der Waals surface area contributed by atoms with Crippen LogP contribution in [0.2, 0.25) is 0 Å². The lowest BCUT2D eigenvalue weighted by Gasteiger charge is -2.15. The normalized spacial score (nSPS) is 21.4. The van der Waals surface area contributed by atoms with Crippen molar-refractivity contribution in [2.24, 2.45) is 5.92 Å². The summed E-state index contributed by atoms with van der Waals surface area (Å²) in [5.74, 6) is 1.84. The highest BCUT2D eigenvalue weighted by Crippen LogP contribution is 2.25. The van der Waals surface area contributed by atoms with Crippen LogP contribution in [0.4, 0.5) is 0 Å². The van der Waals surface area contributed by atoms with Gasteiger partial charge in [-0.1, -0.05) is 0 Å². The minimum Gasteiger partial charge on any atom is -0.444 e. The maximum absolute atomic E-state index is 9.60. The lowest BCUT2D eigenvalue weighted by atomic mass is 10.0. The van der Waals surface area contributed by atoms with E-state index < -0.39 is 0 Å². The molecule has 108 valence electrons. The van der Waals surface area contributed by atoms with Gasteiger partial charge >= 0.3 is 0 Å². The third-order valence-corrected chi connectivity index (χ3v) is 4.03. The highest BCUT2D eigenvalue weighted by molar-refractivity contribution is 9.10. The molecule has 0 radical (unpaired) electrons. The van der Waals surface area contributed by atoms with Crippen LogP contribution in [0.1, 0.15) is 19.2 Å². The van der Waals surface area contributed by atoms with Gasteiger partial charge in [-0.3, -0.25) is 4.90 Å². The number of rotatable bonds is 4. The largest absolute Gasteiger partial charge is 0.444 e. The fourth-order valence-electron chi connectivity index (χ4n) is 2.44. The predicted molar refractivity (Wildman–Crippen MR) is 74.8 cm³/mol. The van der Waals surface area contributed by atoms with E-state index in [4.69, 9.17) is 8.83 Å². The topological polar surface area (TPSA) is 75.5 Å². The molecule has 2 unspecified atom stereocenters. The Balaban J connectivity index is 1.63. The first kappa shape index (κ1) is 13.8. The average molecular weight is 342 g/mol. The van der Waals surface area contributed by atoms with Gasteiger partial charge < -0.3 is 13.9 Å². The molecule has 0 spiro atoms. The third kappa shape index (κ3) is 2.94. The molecule has 0 saturated carbocycles. The Morgan fingerprint density at radius 2 is 2.30 bits per heavy atom. The molecule has 6 nitrogen and oxygen atoms in total. The fourth-order valence-corrected chi connectivity index (χ4v) is 2.74. The minimum atomic E-state index is -0.265. The van der Waals surface area contributed by atoms with Gasteiger partial charge in [0.05, 0.1) is 12.6 Å². The SMILES string of the molecule is CC(O)C1CCN(Cc2nnc(-c3ccc(Br)o3)o2)C1. The van der Waals surface area contributed by atoms with Gasteiger partial charge in [0.1, 0.15) is 0 Å². The van der Waals surface area contributed by atoms with E-state index in [9.17, 15) is 5.11 Å². The molecule has 2 atom stereocenters. The predicted octanol–water partition coefficient (Wildman–Crippen LogP) is 2.29. The van der Waals surface area contributed by atoms with Gasteiger partial charge in [-0.25, -0.2) is 0 Å². The molecule has 1 saturated heterocycles. The molecule has 2 aromatic heterocycles. The standard InChI is InChI=1S/C13H16BrN3O3/c1-8(18)9-4-5-17(6-9)7-12-15-16-13(20-12)10-2-3-11(14)19-10/h2-3,8-9,18H,4-7H2,1H3. The van der Waals surface area contributed by atoms with Crippen LogP contribution in [-0.4, -0.2) is 39.4 Å². The zero-order valence-corrected chi connectivity index (χ0v) is 12.7. The van der Waals surface area contributed by atoms with Crippen molar-refractivity contribution in [2.45, 2.75) is 26.0 Å². The molecule has 0 amide bonds. The number of aliphatic hydroxyl groups excluding tert-OH is 1. The molecule has 3 heterocycles. The summed E-state index contributed by atoms with van der Waals surface area (Å²) in [6.45, 7) is 4.26. The second-order valence-corrected chi connectivity index (χ2v) is 5.91. The van der Waals surface area contributed by atoms with E-state index in [2.05, 4.69) is 31.0 Å². The third-order valence-electron chi connectivity index (χ3n) is 3.60. The van der Waals surface area contributed by atoms with Gasteiger partial charge in [0, 0.05) is 6.54 Å². The van der Waals surface area contributed by atoms with Crippen LogP contribution in [0.3, 0.4) is 0 Å². The highest BCUT2D eigenvalue weighted by atomic mass is 79.9. The first-order valence-electron chi connectivity index (χ1n) is 6.60. The summed E-state index contributed by atoms with van der Waals surface area (Å²) in [4.78, 5) is 2.22. The van der Waals surface area contributed by atoms with E-state index in [0.717, 1.165) is 19.5 Å². The molecule has 0 bridgehead atoms. The van der Waals surface area contributed by atoms with E-state index >= 15 is 0 Å². The lowest BCUT2D eigenvalue weighted by molar-refractivity contribution is 0.126. The van der Waals surface area contributed by atoms with Gasteiger partial charge in [-0.05, 0) is 53.9 Å². The number of furan rings is 1. The van der Waals surface area contributed by atoms with Crippen molar-refractivity contribution >= 4 is 15.9 Å². The van der Waals surface area contributed by atoms with Crippen LogP contribution in [-0.2, 0) is 6.54 Å². The van der Waals surface area contributed by atoms with Crippen molar-refractivity contribution in [1.82, 2.24) is 15.1 Å². The Labute approximate surface area is 124 Å². The first-order valence-corrected chi connectivity index (χ1v) is 7.39. The monoisotopic (exact) mass is 341 g/mol. The first-order chi connectivity index (χ1) is 9.61. The molecule has 1 N–H and O–H groups in total. The molecule has 1 aliphatic rings. The van der Waals surface area contributed by atoms with E-state index in [1.165, 1.54) is 0 Å². The van der Waals surface area contributed by atoms with Crippen molar-refractivity contribution in [3.05, 3.63) is 22.7 Å². The van der Waals surface area contributed by atoms with Gasteiger partial charge in [-0.15, -0.1) is 10.2 Å². The Morgan fingerprint density at radius 3 is 2.95 bits per heavy atom.